The molecule has 5 rings (SSSR count). The zero-order valence-corrected chi connectivity index (χ0v) is 23.3. The van der Waals surface area contributed by atoms with Crippen molar-refractivity contribution in [3.63, 3.8) is 0 Å². The van der Waals surface area contributed by atoms with Crippen LogP contribution in [-0.4, -0.2) is 65.0 Å². The van der Waals surface area contributed by atoms with E-state index in [2.05, 4.69) is 25.7 Å². The smallest absolute Gasteiger partial charge is 0.322 e. The van der Waals surface area contributed by atoms with Gasteiger partial charge in [0.2, 0.25) is 0 Å². The highest BCUT2D eigenvalue weighted by atomic mass is 19.4. The summed E-state index contributed by atoms with van der Waals surface area (Å²) in [7, 11) is 1.98. The summed E-state index contributed by atoms with van der Waals surface area (Å²) in [5, 5.41) is 12.2. The lowest BCUT2D eigenvalue weighted by Gasteiger charge is -2.33. The van der Waals surface area contributed by atoms with Gasteiger partial charge in [-0.3, -0.25) is 19.6 Å². The van der Waals surface area contributed by atoms with Gasteiger partial charge in [0.1, 0.15) is 0 Å². The van der Waals surface area contributed by atoms with E-state index in [4.69, 9.17) is 0 Å². The number of piperazine rings is 1. The second-order valence-corrected chi connectivity index (χ2v) is 10.5. The van der Waals surface area contributed by atoms with Crippen LogP contribution in [0.1, 0.15) is 37.4 Å². The van der Waals surface area contributed by atoms with Crippen molar-refractivity contribution in [2.75, 3.05) is 43.9 Å². The molecule has 42 heavy (non-hydrogen) atoms. The van der Waals surface area contributed by atoms with Gasteiger partial charge in [-0.15, -0.1) is 0 Å². The van der Waals surface area contributed by atoms with Crippen LogP contribution < -0.4 is 10.6 Å². The third-order valence-corrected chi connectivity index (χ3v) is 7.37. The maximum atomic E-state index is 14.0. The number of halogens is 3. The number of amides is 2. The van der Waals surface area contributed by atoms with E-state index < -0.39 is 17.6 Å². The predicted octanol–water partition coefficient (Wildman–Crippen LogP) is 5.66. The number of likely N-dealkylation sites (N-methyl/N-ethyl adjacent to an activating group) is 1. The molecule has 1 aliphatic heterocycles. The first-order chi connectivity index (χ1) is 20.1. The van der Waals surface area contributed by atoms with Crippen LogP contribution in [0.4, 0.5) is 24.5 Å². The van der Waals surface area contributed by atoms with Crippen molar-refractivity contribution in [2.45, 2.75) is 19.6 Å². The molecule has 0 atom stereocenters. The molecular weight excluding hydrogens is 545 g/mol. The molecule has 3 aromatic carbocycles. The minimum absolute atomic E-state index is 0.105. The largest absolute Gasteiger partial charge is 0.416 e. The highest BCUT2D eigenvalue weighted by molar-refractivity contribution is 6.07. The number of aryl methyl sites for hydroxylation is 1. The minimum atomic E-state index is -4.60. The van der Waals surface area contributed by atoms with E-state index >= 15 is 0 Å². The Hall–Kier alpha value is -4.48. The molecule has 0 radical (unpaired) electrons. The average molecular weight is 577 g/mol. The number of carbonyl (C=O) groups excluding carboxylic acids is 2. The van der Waals surface area contributed by atoms with Crippen molar-refractivity contribution >= 4 is 23.2 Å². The van der Waals surface area contributed by atoms with Crippen LogP contribution in [0.2, 0.25) is 0 Å². The third-order valence-electron chi connectivity index (χ3n) is 7.37. The molecule has 0 saturated carbocycles. The van der Waals surface area contributed by atoms with Crippen molar-refractivity contribution in [2.24, 2.45) is 0 Å². The third kappa shape index (κ3) is 6.87. The van der Waals surface area contributed by atoms with Crippen LogP contribution in [0.25, 0.3) is 11.1 Å². The maximum Gasteiger partial charge on any atom is 0.416 e. The van der Waals surface area contributed by atoms with Gasteiger partial charge in [0, 0.05) is 67.0 Å². The molecule has 3 N–H and O–H groups in total. The summed E-state index contributed by atoms with van der Waals surface area (Å²) in [4.78, 5) is 30.2. The lowest BCUT2D eigenvalue weighted by atomic mass is 10.0. The van der Waals surface area contributed by atoms with Crippen molar-refractivity contribution < 1.29 is 22.8 Å². The van der Waals surface area contributed by atoms with E-state index in [1.165, 1.54) is 12.1 Å². The molecule has 0 spiro atoms. The van der Waals surface area contributed by atoms with Crippen LogP contribution in [0, 0.1) is 6.92 Å². The summed E-state index contributed by atoms with van der Waals surface area (Å²) >= 11 is 0. The number of aromatic nitrogens is 2. The van der Waals surface area contributed by atoms with Gasteiger partial charge in [-0.05, 0) is 67.1 Å². The SMILES string of the molecule is Cc1ccc(NC(=O)c2ccc(CN3CCN(C)CC3)c(C(F)(F)F)c2)cc1NC(=O)c1cccc(-c2cn[nH]c2)c1. The van der Waals surface area contributed by atoms with Crippen LogP contribution in [-0.2, 0) is 12.7 Å². The Morgan fingerprint density at radius 1 is 0.905 bits per heavy atom. The first kappa shape index (κ1) is 29.0. The minimum Gasteiger partial charge on any atom is -0.322 e. The van der Waals surface area contributed by atoms with Crippen molar-refractivity contribution in [3.8, 4) is 11.1 Å². The molecule has 1 fully saturated rings. The summed E-state index contributed by atoms with van der Waals surface area (Å²) < 4.78 is 42.0. The van der Waals surface area contributed by atoms with Gasteiger partial charge in [0.15, 0.2) is 0 Å². The van der Waals surface area contributed by atoms with Gasteiger partial charge < -0.3 is 15.5 Å². The first-order valence-corrected chi connectivity index (χ1v) is 13.5. The Kier molecular flexibility index (Phi) is 8.41. The zero-order valence-electron chi connectivity index (χ0n) is 23.3. The van der Waals surface area contributed by atoms with Crippen LogP contribution in [0.5, 0.6) is 0 Å². The standard InChI is InChI=1S/C31H31F3N6O2/c1-20-6-9-26(16-28(20)38-30(42)22-5-3-4-21(14-22)25-17-35-36-18-25)37-29(41)23-7-8-24(27(15-23)31(32,33)34)19-40-12-10-39(2)11-13-40/h3-9,14-18H,10-13,19H2,1-2H3,(H,35,36)(H,37,41)(H,38,42). The Morgan fingerprint density at radius 3 is 2.36 bits per heavy atom. The van der Waals surface area contributed by atoms with Crippen LogP contribution in [0.15, 0.2) is 73.1 Å². The maximum absolute atomic E-state index is 14.0. The molecule has 8 nitrogen and oxygen atoms in total. The monoisotopic (exact) mass is 576 g/mol. The summed E-state index contributed by atoms with van der Waals surface area (Å²) in [5.74, 6) is -1.03. The Bertz CT molecular complexity index is 1580. The van der Waals surface area contributed by atoms with E-state index in [0.717, 1.165) is 35.8 Å². The second-order valence-electron chi connectivity index (χ2n) is 10.5. The number of carbonyl (C=O) groups is 2. The Balaban J connectivity index is 1.30. The summed E-state index contributed by atoms with van der Waals surface area (Å²) in [6.07, 6.45) is -1.22. The normalized spacial score (nSPS) is 14.5. The molecular formula is C31H31F3N6O2. The Morgan fingerprint density at radius 2 is 1.64 bits per heavy atom. The molecule has 1 aliphatic rings. The van der Waals surface area contributed by atoms with E-state index in [1.807, 2.05) is 18.0 Å². The molecule has 1 saturated heterocycles. The summed E-state index contributed by atoms with van der Waals surface area (Å²) in [5.41, 5.74) is 2.86. The molecule has 11 heteroatoms. The first-order valence-electron chi connectivity index (χ1n) is 13.5. The van der Waals surface area contributed by atoms with Gasteiger partial charge in [-0.1, -0.05) is 24.3 Å². The molecule has 2 heterocycles. The average Bonchev–Trinajstić information content (AvgIpc) is 3.51. The van der Waals surface area contributed by atoms with Crippen molar-refractivity contribution in [3.05, 3.63) is 101 Å². The Labute approximate surface area is 241 Å². The lowest BCUT2D eigenvalue weighted by Crippen LogP contribution is -2.44. The molecule has 218 valence electrons. The van der Waals surface area contributed by atoms with Crippen molar-refractivity contribution in [1.82, 2.24) is 20.0 Å². The highest BCUT2D eigenvalue weighted by Gasteiger charge is 2.34. The van der Waals surface area contributed by atoms with Gasteiger partial charge in [0.05, 0.1) is 11.8 Å². The van der Waals surface area contributed by atoms with Crippen LogP contribution in [0.3, 0.4) is 0 Å². The fraction of sp³-hybridized carbons (Fsp3) is 0.258. The topological polar surface area (TPSA) is 93.4 Å². The number of anilines is 2. The molecule has 0 aliphatic carbocycles. The molecule has 1 aromatic heterocycles. The number of aromatic amines is 1. The molecule has 4 aromatic rings. The quantitative estimate of drug-likeness (QED) is 0.264. The number of hydrogen-bond donors (Lipinski definition) is 3. The van der Waals surface area contributed by atoms with Gasteiger partial charge in [0.25, 0.3) is 11.8 Å². The van der Waals surface area contributed by atoms with Crippen molar-refractivity contribution in [1.29, 1.82) is 0 Å². The number of nitrogens with one attached hydrogen (secondary N) is 3. The number of H-pyrrole nitrogens is 1. The highest BCUT2D eigenvalue weighted by Crippen LogP contribution is 2.34. The van der Waals surface area contributed by atoms with Gasteiger partial charge in [-0.25, -0.2) is 0 Å². The zero-order chi connectivity index (χ0) is 29.9. The number of hydrogen-bond acceptors (Lipinski definition) is 5. The summed E-state index contributed by atoms with van der Waals surface area (Å²) in [6, 6.07) is 15.7. The van der Waals surface area contributed by atoms with E-state index in [1.54, 1.807) is 55.7 Å². The van der Waals surface area contributed by atoms with Gasteiger partial charge in [-0.2, -0.15) is 18.3 Å². The predicted molar refractivity (Wildman–Crippen MR) is 155 cm³/mol. The van der Waals surface area contributed by atoms with E-state index in [0.29, 0.717) is 30.0 Å². The fourth-order valence-electron chi connectivity index (χ4n) is 4.85. The van der Waals surface area contributed by atoms with E-state index in [9.17, 15) is 22.8 Å². The molecule has 0 unspecified atom stereocenters. The van der Waals surface area contributed by atoms with Gasteiger partial charge >= 0.3 is 6.18 Å². The second kappa shape index (κ2) is 12.2. The lowest BCUT2D eigenvalue weighted by molar-refractivity contribution is -0.138. The number of nitrogens with zero attached hydrogens (tertiary/aromatic N) is 3. The van der Waals surface area contributed by atoms with Crippen LogP contribution >= 0.6 is 0 Å². The number of benzene rings is 3. The molecule has 0 bridgehead atoms. The number of rotatable bonds is 7. The molecule has 2 amide bonds. The fourth-order valence-corrected chi connectivity index (χ4v) is 4.85. The van der Waals surface area contributed by atoms with E-state index in [-0.39, 0.29) is 23.6 Å². The summed E-state index contributed by atoms with van der Waals surface area (Å²) in [6.45, 7) is 4.90. The number of alkyl halides is 3.